The van der Waals surface area contributed by atoms with Crippen molar-refractivity contribution in [3.63, 3.8) is 0 Å². The average molecular weight is 191 g/mol. The standard InChI is InChI=1S/C12H17NO/c1-9(2)7-8-12(14)10-5-3-4-6-11(10)13/h3-6,9H,7-8,13H2,1-2H3. The molecule has 2 heteroatoms. The minimum atomic E-state index is 0.150. The molecule has 0 atom stereocenters. The lowest BCUT2D eigenvalue weighted by atomic mass is 10.0. The normalized spacial score (nSPS) is 10.5. The van der Waals surface area contributed by atoms with Gasteiger partial charge in [-0.15, -0.1) is 0 Å². The highest BCUT2D eigenvalue weighted by Gasteiger charge is 2.09. The molecular formula is C12H17NO. The maximum Gasteiger partial charge on any atom is 0.164 e. The fourth-order valence-electron chi connectivity index (χ4n) is 1.31. The molecule has 1 rings (SSSR count). The van der Waals surface area contributed by atoms with Crippen molar-refractivity contribution in [2.75, 3.05) is 5.73 Å². The first-order chi connectivity index (χ1) is 6.61. The van der Waals surface area contributed by atoms with Crippen molar-refractivity contribution in [2.45, 2.75) is 26.7 Å². The number of anilines is 1. The second-order valence-electron chi connectivity index (χ2n) is 3.94. The maximum absolute atomic E-state index is 11.7. The Morgan fingerprint density at radius 3 is 2.57 bits per heavy atom. The van der Waals surface area contributed by atoms with E-state index in [1.54, 1.807) is 12.1 Å². The van der Waals surface area contributed by atoms with Crippen LogP contribution in [0.5, 0.6) is 0 Å². The van der Waals surface area contributed by atoms with Crippen molar-refractivity contribution < 1.29 is 4.79 Å². The Bertz CT molecular complexity index is 318. The molecule has 0 aliphatic carbocycles. The topological polar surface area (TPSA) is 43.1 Å². The van der Waals surface area contributed by atoms with E-state index in [-0.39, 0.29) is 5.78 Å². The predicted octanol–water partition coefficient (Wildman–Crippen LogP) is 2.89. The number of nitrogens with two attached hydrogens (primary N) is 1. The molecule has 0 aromatic heterocycles. The zero-order valence-corrected chi connectivity index (χ0v) is 8.79. The van der Waals surface area contributed by atoms with Crippen molar-refractivity contribution in [1.82, 2.24) is 0 Å². The number of nitrogen functional groups attached to an aromatic ring is 1. The number of carbonyl (C=O) groups excluding carboxylic acids is 1. The number of hydrogen-bond acceptors (Lipinski definition) is 2. The van der Waals surface area contributed by atoms with Crippen LogP contribution in [0.15, 0.2) is 24.3 Å². The van der Waals surface area contributed by atoms with Crippen molar-refractivity contribution in [3.8, 4) is 0 Å². The molecule has 2 nitrogen and oxygen atoms in total. The van der Waals surface area contributed by atoms with Gasteiger partial charge in [-0.1, -0.05) is 26.0 Å². The van der Waals surface area contributed by atoms with Gasteiger partial charge in [0.05, 0.1) is 0 Å². The van der Waals surface area contributed by atoms with E-state index in [1.165, 1.54) is 0 Å². The van der Waals surface area contributed by atoms with Gasteiger partial charge in [0.15, 0.2) is 5.78 Å². The van der Waals surface area contributed by atoms with E-state index >= 15 is 0 Å². The number of benzene rings is 1. The van der Waals surface area contributed by atoms with Gasteiger partial charge in [-0.25, -0.2) is 0 Å². The molecular weight excluding hydrogens is 174 g/mol. The summed E-state index contributed by atoms with van der Waals surface area (Å²) in [4.78, 5) is 11.7. The van der Waals surface area contributed by atoms with E-state index in [1.807, 2.05) is 12.1 Å². The lowest BCUT2D eigenvalue weighted by Crippen LogP contribution is -2.04. The lowest BCUT2D eigenvalue weighted by molar-refractivity contribution is 0.0976. The van der Waals surface area contributed by atoms with Gasteiger partial charge in [0.25, 0.3) is 0 Å². The van der Waals surface area contributed by atoms with Crippen LogP contribution in [0.3, 0.4) is 0 Å². The molecule has 0 unspecified atom stereocenters. The van der Waals surface area contributed by atoms with Gasteiger partial charge < -0.3 is 5.73 Å². The second-order valence-corrected chi connectivity index (χ2v) is 3.94. The first-order valence-corrected chi connectivity index (χ1v) is 4.99. The van der Waals surface area contributed by atoms with Crippen LogP contribution in [-0.4, -0.2) is 5.78 Å². The lowest BCUT2D eigenvalue weighted by Gasteiger charge is -2.05. The van der Waals surface area contributed by atoms with Gasteiger partial charge >= 0.3 is 0 Å². The maximum atomic E-state index is 11.7. The van der Waals surface area contributed by atoms with Gasteiger partial charge in [0, 0.05) is 17.7 Å². The quantitative estimate of drug-likeness (QED) is 0.587. The summed E-state index contributed by atoms with van der Waals surface area (Å²) in [5.41, 5.74) is 6.95. The molecule has 14 heavy (non-hydrogen) atoms. The zero-order chi connectivity index (χ0) is 10.6. The van der Waals surface area contributed by atoms with Crippen LogP contribution in [0.25, 0.3) is 0 Å². The van der Waals surface area contributed by atoms with Crippen molar-refractivity contribution >= 4 is 11.5 Å². The van der Waals surface area contributed by atoms with Crippen LogP contribution < -0.4 is 5.73 Å². The Kier molecular flexibility index (Phi) is 3.69. The molecule has 2 N–H and O–H groups in total. The first-order valence-electron chi connectivity index (χ1n) is 4.99. The molecule has 1 aromatic rings. The molecule has 0 aliphatic rings. The molecule has 0 amide bonds. The van der Waals surface area contributed by atoms with Crippen LogP contribution in [0, 0.1) is 5.92 Å². The zero-order valence-electron chi connectivity index (χ0n) is 8.79. The predicted molar refractivity (Wildman–Crippen MR) is 59.3 cm³/mol. The summed E-state index contributed by atoms with van der Waals surface area (Å²) in [5.74, 6) is 0.709. The van der Waals surface area contributed by atoms with Crippen molar-refractivity contribution in [3.05, 3.63) is 29.8 Å². The number of hydrogen-bond donors (Lipinski definition) is 1. The monoisotopic (exact) mass is 191 g/mol. The van der Waals surface area contributed by atoms with Gasteiger partial charge in [0.1, 0.15) is 0 Å². The fraction of sp³-hybridized carbons (Fsp3) is 0.417. The number of para-hydroxylation sites is 1. The third-order valence-corrected chi connectivity index (χ3v) is 2.21. The van der Waals surface area contributed by atoms with Crippen LogP contribution in [0.2, 0.25) is 0 Å². The summed E-state index contributed by atoms with van der Waals surface area (Å²) >= 11 is 0. The number of ketones is 1. The highest BCUT2D eigenvalue weighted by atomic mass is 16.1. The summed E-state index contributed by atoms with van der Waals surface area (Å²) in [5, 5.41) is 0. The summed E-state index contributed by atoms with van der Waals surface area (Å²) in [6.45, 7) is 4.23. The number of Topliss-reactive ketones (excluding diaryl/α,β-unsaturated/α-hetero) is 1. The highest BCUT2D eigenvalue weighted by molar-refractivity contribution is 6.00. The van der Waals surface area contributed by atoms with E-state index in [9.17, 15) is 4.79 Å². The molecule has 0 bridgehead atoms. The van der Waals surface area contributed by atoms with Crippen LogP contribution in [0.1, 0.15) is 37.0 Å². The van der Waals surface area contributed by atoms with Crippen LogP contribution >= 0.6 is 0 Å². The van der Waals surface area contributed by atoms with E-state index in [4.69, 9.17) is 5.73 Å². The minimum Gasteiger partial charge on any atom is -0.398 e. The molecule has 76 valence electrons. The fourth-order valence-corrected chi connectivity index (χ4v) is 1.31. The Hall–Kier alpha value is -1.31. The third kappa shape index (κ3) is 2.87. The SMILES string of the molecule is CC(C)CCC(=O)c1ccccc1N. The van der Waals surface area contributed by atoms with Crippen LogP contribution in [-0.2, 0) is 0 Å². The largest absolute Gasteiger partial charge is 0.398 e. The molecule has 0 saturated heterocycles. The Morgan fingerprint density at radius 1 is 1.36 bits per heavy atom. The number of rotatable bonds is 4. The second kappa shape index (κ2) is 4.80. The molecule has 0 heterocycles. The molecule has 0 aliphatic heterocycles. The van der Waals surface area contributed by atoms with Crippen LogP contribution in [0.4, 0.5) is 5.69 Å². The van der Waals surface area contributed by atoms with E-state index in [2.05, 4.69) is 13.8 Å². The summed E-state index contributed by atoms with van der Waals surface area (Å²) in [6, 6.07) is 7.24. The Balaban J connectivity index is 2.65. The highest BCUT2D eigenvalue weighted by Crippen LogP contribution is 2.15. The molecule has 0 fully saturated rings. The third-order valence-electron chi connectivity index (χ3n) is 2.21. The Labute approximate surface area is 85.1 Å². The minimum absolute atomic E-state index is 0.150. The number of carbonyl (C=O) groups is 1. The van der Waals surface area contributed by atoms with E-state index in [0.717, 1.165) is 6.42 Å². The molecule has 0 spiro atoms. The molecule has 0 radical (unpaired) electrons. The van der Waals surface area contributed by atoms with E-state index in [0.29, 0.717) is 23.6 Å². The van der Waals surface area contributed by atoms with E-state index < -0.39 is 0 Å². The average Bonchev–Trinajstić information content (AvgIpc) is 2.15. The van der Waals surface area contributed by atoms with Gasteiger partial charge in [0.2, 0.25) is 0 Å². The molecule has 0 saturated carbocycles. The van der Waals surface area contributed by atoms with Gasteiger partial charge in [-0.2, -0.15) is 0 Å². The van der Waals surface area contributed by atoms with Crippen molar-refractivity contribution in [2.24, 2.45) is 5.92 Å². The van der Waals surface area contributed by atoms with Crippen molar-refractivity contribution in [1.29, 1.82) is 0 Å². The Morgan fingerprint density at radius 2 is 2.00 bits per heavy atom. The van der Waals surface area contributed by atoms with Gasteiger partial charge in [-0.05, 0) is 24.5 Å². The summed E-state index contributed by atoms with van der Waals surface area (Å²) < 4.78 is 0. The molecule has 1 aromatic carbocycles. The first kappa shape index (κ1) is 10.8. The smallest absolute Gasteiger partial charge is 0.164 e. The van der Waals surface area contributed by atoms with Gasteiger partial charge in [-0.3, -0.25) is 4.79 Å². The summed E-state index contributed by atoms with van der Waals surface area (Å²) in [6.07, 6.45) is 1.51. The summed E-state index contributed by atoms with van der Waals surface area (Å²) in [7, 11) is 0.